The Morgan fingerprint density at radius 1 is 1.12 bits per heavy atom. The SMILES string of the molecule is Cn1c(CC[C@@H]2CCCN2C(=O)[C@H]2CCCN2C(=O)OC(C)(C)C)cc2cc(C#N)ccc21. The zero-order valence-corrected chi connectivity index (χ0v) is 20.1. The summed E-state index contributed by atoms with van der Waals surface area (Å²) >= 11 is 0. The minimum Gasteiger partial charge on any atom is -0.444 e. The molecule has 0 unspecified atom stereocenters. The molecule has 0 N–H and O–H groups in total. The van der Waals surface area contributed by atoms with Gasteiger partial charge in [-0.2, -0.15) is 5.26 Å². The van der Waals surface area contributed by atoms with Gasteiger partial charge in [-0.05, 0) is 83.6 Å². The minimum absolute atomic E-state index is 0.0663. The van der Waals surface area contributed by atoms with Crippen LogP contribution in [0.2, 0.25) is 0 Å². The molecular formula is C26H34N4O3. The van der Waals surface area contributed by atoms with E-state index in [1.54, 1.807) is 4.90 Å². The molecular weight excluding hydrogens is 416 g/mol. The van der Waals surface area contributed by atoms with Crippen molar-refractivity contribution in [3.63, 3.8) is 0 Å². The molecule has 7 heteroatoms. The first-order chi connectivity index (χ1) is 15.7. The summed E-state index contributed by atoms with van der Waals surface area (Å²) < 4.78 is 7.73. The molecule has 4 rings (SSSR count). The number of benzene rings is 1. The maximum absolute atomic E-state index is 13.5. The second-order valence-corrected chi connectivity index (χ2v) is 10.3. The van der Waals surface area contributed by atoms with Gasteiger partial charge in [-0.25, -0.2) is 4.79 Å². The predicted molar refractivity (Wildman–Crippen MR) is 127 cm³/mol. The number of carbonyl (C=O) groups is 2. The summed E-state index contributed by atoms with van der Waals surface area (Å²) in [6.45, 7) is 6.88. The Morgan fingerprint density at radius 2 is 1.85 bits per heavy atom. The van der Waals surface area contributed by atoms with Crippen LogP contribution in [0.4, 0.5) is 4.79 Å². The number of nitrogens with zero attached hydrogens (tertiary/aromatic N) is 4. The Morgan fingerprint density at radius 3 is 2.58 bits per heavy atom. The van der Waals surface area contributed by atoms with E-state index in [9.17, 15) is 14.9 Å². The van der Waals surface area contributed by atoms with Crippen molar-refractivity contribution in [2.45, 2.75) is 77.0 Å². The van der Waals surface area contributed by atoms with Crippen molar-refractivity contribution < 1.29 is 14.3 Å². The largest absolute Gasteiger partial charge is 0.444 e. The summed E-state index contributed by atoms with van der Waals surface area (Å²) in [5, 5.41) is 10.2. The van der Waals surface area contributed by atoms with E-state index in [0.29, 0.717) is 18.5 Å². The van der Waals surface area contributed by atoms with Crippen molar-refractivity contribution in [2.24, 2.45) is 7.05 Å². The molecule has 0 bridgehead atoms. The van der Waals surface area contributed by atoms with Crippen LogP contribution in [0.5, 0.6) is 0 Å². The van der Waals surface area contributed by atoms with Gasteiger partial charge in [-0.3, -0.25) is 9.69 Å². The average Bonchev–Trinajstić information content (AvgIpc) is 3.49. The number of fused-ring (bicyclic) bond motifs is 1. The van der Waals surface area contributed by atoms with Crippen LogP contribution in [0.15, 0.2) is 24.3 Å². The van der Waals surface area contributed by atoms with Crippen molar-refractivity contribution in [1.29, 1.82) is 5.26 Å². The Kier molecular flexibility index (Phi) is 6.38. The van der Waals surface area contributed by atoms with E-state index in [2.05, 4.69) is 23.8 Å². The van der Waals surface area contributed by atoms with E-state index >= 15 is 0 Å². The second kappa shape index (κ2) is 9.09. The Bertz CT molecular complexity index is 1090. The molecule has 0 spiro atoms. The lowest BCUT2D eigenvalue weighted by Crippen LogP contribution is -2.50. The van der Waals surface area contributed by atoms with Gasteiger partial charge in [0.1, 0.15) is 11.6 Å². The first-order valence-electron chi connectivity index (χ1n) is 12.0. The lowest BCUT2D eigenvalue weighted by Gasteiger charge is -2.32. The van der Waals surface area contributed by atoms with Gasteiger partial charge in [0.15, 0.2) is 0 Å². The lowest BCUT2D eigenvalue weighted by molar-refractivity contribution is -0.136. The summed E-state index contributed by atoms with van der Waals surface area (Å²) in [5.74, 6) is 0.0663. The van der Waals surface area contributed by atoms with Crippen LogP contribution < -0.4 is 0 Å². The molecule has 176 valence electrons. The van der Waals surface area contributed by atoms with E-state index in [1.165, 1.54) is 5.69 Å². The van der Waals surface area contributed by atoms with E-state index in [4.69, 9.17) is 4.74 Å². The highest BCUT2D eigenvalue weighted by atomic mass is 16.6. The van der Waals surface area contributed by atoms with Gasteiger partial charge in [0.05, 0.1) is 11.6 Å². The molecule has 0 saturated carbocycles. The van der Waals surface area contributed by atoms with Gasteiger partial charge in [0, 0.05) is 42.8 Å². The Hall–Kier alpha value is -3.01. The number of carbonyl (C=O) groups excluding carboxylic acids is 2. The third-order valence-electron chi connectivity index (χ3n) is 6.83. The quantitative estimate of drug-likeness (QED) is 0.693. The van der Waals surface area contributed by atoms with Gasteiger partial charge in [-0.1, -0.05) is 0 Å². The van der Waals surface area contributed by atoms with Gasteiger partial charge in [0.2, 0.25) is 5.91 Å². The lowest BCUT2D eigenvalue weighted by atomic mass is 10.1. The minimum atomic E-state index is -0.573. The summed E-state index contributed by atoms with van der Waals surface area (Å²) in [7, 11) is 2.05. The number of aryl methyl sites for hydroxylation is 2. The fourth-order valence-electron chi connectivity index (χ4n) is 5.21. The normalized spacial score (nSPS) is 20.9. The fourth-order valence-corrected chi connectivity index (χ4v) is 5.21. The molecule has 7 nitrogen and oxygen atoms in total. The summed E-state index contributed by atoms with van der Waals surface area (Å²) in [4.78, 5) is 29.8. The fraction of sp³-hybridized carbons (Fsp3) is 0.577. The number of likely N-dealkylation sites (tertiary alicyclic amines) is 2. The van der Waals surface area contributed by atoms with Crippen LogP contribution in [0, 0.1) is 11.3 Å². The molecule has 2 atom stereocenters. The molecule has 0 aliphatic carbocycles. The van der Waals surface area contributed by atoms with Crippen molar-refractivity contribution in [3.8, 4) is 6.07 Å². The average molecular weight is 451 g/mol. The molecule has 3 heterocycles. The molecule has 33 heavy (non-hydrogen) atoms. The topological polar surface area (TPSA) is 78.6 Å². The Balaban J connectivity index is 1.43. The third kappa shape index (κ3) is 4.85. The molecule has 2 aliphatic heterocycles. The third-order valence-corrected chi connectivity index (χ3v) is 6.83. The zero-order valence-electron chi connectivity index (χ0n) is 20.1. The molecule has 2 amide bonds. The second-order valence-electron chi connectivity index (χ2n) is 10.3. The maximum atomic E-state index is 13.5. The van der Waals surface area contributed by atoms with Crippen LogP contribution in [0.3, 0.4) is 0 Å². The highest BCUT2D eigenvalue weighted by Crippen LogP contribution is 2.29. The van der Waals surface area contributed by atoms with Crippen LogP contribution in [0.1, 0.15) is 64.1 Å². The molecule has 0 radical (unpaired) electrons. The number of amides is 2. The first-order valence-corrected chi connectivity index (χ1v) is 12.0. The van der Waals surface area contributed by atoms with Gasteiger partial charge < -0.3 is 14.2 Å². The molecule has 1 aromatic heterocycles. The van der Waals surface area contributed by atoms with E-state index in [-0.39, 0.29) is 18.0 Å². The number of nitriles is 1. The van der Waals surface area contributed by atoms with E-state index in [1.807, 2.05) is 43.9 Å². The van der Waals surface area contributed by atoms with Crippen molar-refractivity contribution in [2.75, 3.05) is 13.1 Å². The zero-order chi connectivity index (χ0) is 23.8. The van der Waals surface area contributed by atoms with E-state index in [0.717, 1.165) is 49.6 Å². The number of hydrogen-bond acceptors (Lipinski definition) is 4. The molecule has 2 fully saturated rings. The predicted octanol–water partition coefficient (Wildman–Crippen LogP) is 4.37. The summed E-state index contributed by atoms with van der Waals surface area (Å²) in [5.41, 5.74) is 2.41. The van der Waals surface area contributed by atoms with E-state index < -0.39 is 11.6 Å². The van der Waals surface area contributed by atoms with Gasteiger partial charge >= 0.3 is 6.09 Å². The molecule has 1 aromatic carbocycles. The van der Waals surface area contributed by atoms with Crippen LogP contribution in [0.25, 0.3) is 10.9 Å². The highest BCUT2D eigenvalue weighted by molar-refractivity contribution is 5.87. The van der Waals surface area contributed by atoms with Crippen LogP contribution in [-0.4, -0.2) is 57.1 Å². The molecule has 2 aromatic rings. The molecule has 2 aliphatic rings. The summed E-state index contributed by atoms with van der Waals surface area (Å²) in [6.07, 6.45) is 4.88. The van der Waals surface area contributed by atoms with Crippen molar-refractivity contribution >= 4 is 22.9 Å². The Labute approximate surface area is 195 Å². The van der Waals surface area contributed by atoms with Crippen molar-refractivity contribution in [3.05, 3.63) is 35.5 Å². The van der Waals surface area contributed by atoms with Crippen LogP contribution >= 0.6 is 0 Å². The number of rotatable bonds is 4. The number of aromatic nitrogens is 1. The number of ether oxygens (including phenoxy) is 1. The van der Waals surface area contributed by atoms with Gasteiger partial charge in [0.25, 0.3) is 0 Å². The standard InChI is InChI=1S/C26H34N4O3/c1-26(2,3)33-25(32)30-14-6-8-23(30)24(31)29-13-5-7-20(29)10-11-21-16-19-15-18(17-27)9-12-22(19)28(21)4/h9,12,15-16,20,23H,5-8,10-11,13-14H2,1-4H3/t20-,23+/m0/s1. The smallest absolute Gasteiger partial charge is 0.410 e. The maximum Gasteiger partial charge on any atom is 0.410 e. The van der Waals surface area contributed by atoms with Gasteiger partial charge in [-0.15, -0.1) is 0 Å². The van der Waals surface area contributed by atoms with Crippen molar-refractivity contribution in [1.82, 2.24) is 14.4 Å². The summed E-state index contributed by atoms with van der Waals surface area (Å²) in [6, 6.07) is 9.90. The first kappa shape index (κ1) is 23.2. The molecule has 2 saturated heterocycles. The monoisotopic (exact) mass is 450 g/mol. The van der Waals surface area contributed by atoms with Crippen LogP contribution in [-0.2, 0) is 23.0 Å². The number of hydrogen-bond donors (Lipinski definition) is 0. The highest BCUT2D eigenvalue weighted by Gasteiger charge is 2.41.